The van der Waals surface area contributed by atoms with Crippen molar-refractivity contribution in [2.24, 2.45) is 0 Å². The number of hydrogen-bond donors (Lipinski definition) is 0. The number of aromatic nitrogens is 2. The predicted molar refractivity (Wildman–Crippen MR) is 69.2 cm³/mol. The highest BCUT2D eigenvalue weighted by Crippen LogP contribution is 2.25. The van der Waals surface area contributed by atoms with Crippen molar-refractivity contribution < 1.29 is 0 Å². The van der Waals surface area contributed by atoms with E-state index >= 15 is 0 Å². The summed E-state index contributed by atoms with van der Waals surface area (Å²) in [5.74, 6) is 1.06. The zero-order valence-corrected chi connectivity index (χ0v) is 10.3. The number of hydrogen-bond acceptors (Lipinski definition) is 3. The van der Waals surface area contributed by atoms with Crippen LogP contribution >= 0.6 is 0 Å². The Bertz CT molecular complexity index is 621. The number of nitriles is 1. The van der Waals surface area contributed by atoms with Gasteiger partial charge in [-0.2, -0.15) is 5.26 Å². The molecule has 1 aliphatic heterocycles. The lowest BCUT2D eigenvalue weighted by molar-refractivity contribution is 0.560. The highest BCUT2D eigenvalue weighted by molar-refractivity contribution is 5.60. The first-order chi connectivity index (χ1) is 8.78. The fourth-order valence-corrected chi connectivity index (χ4v) is 2.38. The van der Waals surface area contributed by atoms with Crippen LogP contribution in [-0.2, 0) is 13.1 Å². The van der Waals surface area contributed by atoms with Gasteiger partial charge in [0.05, 0.1) is 17.8 Å². The van der Waals surface area contributed by atoms with Crippen molar-refractivity contribution in [3.63, 3.8) is 0 Å². The van der Waals surface area contributed by atoms with Crippen molar-refractivity contribution in [1.82, 2.24) is 9.55 Å². The Kier molecular flexibility index (Phi) is 2.52. The first kappa shape index (κ1) is 10.8. The number of fused-ring (bicyclic) bond motifs is 1. The second-order valence-corrected chi connectivity index (χ2v) is 4.59. The van der Waals surface area contributed by atoms with Crippen LogP contribution in [0, 0.1) is 18.3 Å². The highest BCUT2D eigenvalue weighted by atomic mass is 15.2. The minimum absolute atomic E-state index is 0.737. The summed E-state index contributed by atoms with van der Waals surface area (Å²) in [5, 5.41) is 9.20. The van der Waals surface area contributed by atoms with Crippen molar-refractivity contribution in [2.75, 3.05) is 11.4 Å². The number of imidazole rings is 1. The lowest BCUT2D eigenvalue weighted by Crippen LogP contribution is -2.34. The third-order valence-electron chi connectivity index (χ3n) is 3.36. The molecule has 0 atom stereocenters. The van der Waals surface area contributed by atoms with Crippen molar-refractivity contribution >= 4 is 5.69 Å². The monoisotopic (exact) mass is 238 g/mol. The summed E-state index contributed by atoms with van der Waals surface area (Å²) in [6.07, 6.45) is 3.84. The molecule has 90 valence electrons. The molecule has 3 rings (SSSR count). The summed E-state index contributed by atoms with van der Waals surface area (Å²) in [7, 11) is 0. The molecule has 1 aromatic carbocycles. The summed E-state index contributed by atoms with van der Waals surface area (Å²) < 4.78 is 2.17. The number of benzene rings is 1. The van der Waals surface area contributed by atoms with Crippen LogP contribution in [0.25, 0.3) is 0 Å². The highest BCUT2D eigenvalue weighted by Gasteiger charge is 2.19. The molecule has 1 aliphatic rings. The molecule has 0 amide bonds. The molecule has 0 saturated heterocycles. The van der Waals surface area contributed by atoms with Crippen molar-refractivity contribution in [1.29, 1.82) is 5.26 Å². The molecule has 1 aromatic heterocycles. The standard InChI is InChI=1S/C14H14N4/c1-11-2-3-12(9-15)13(8-11)18-7-6-17-5-4-16-14(17)10-18/h2-5,8H,6-7,10H2,1H3. The van der Waals surface area contributed by atoms with Crippen molar-refractivity contribution in [3.8, 4) is 6.07 Å². The third kappa shape index (κ3) is 1.74. The van der Waals surface area contributed by atoms with Gasteiger partial charge in [-0.3, -0.25) is 0 Å². The maximum atomic E-state index is 9.20. The van der Waals surface area contributed by atoms with Crippen LogP contribution < -0.4 is 4.90 Å². The predicted octanol–water partition coefficient (Wildman–Crippen LogP) is 2.08. The molecule has 0 bridgehead atoms. The maximum absolute atomic E-state index is 9.20. The van der Waals surface area contributed by atoms with Gasteiger partial charge in [-0.1, -0.05) is 6.07 Å². The fraction of sp³-hybridized carbons (Fsp3) is 0.286. The van der Waals surface area contributed by atoms with E-state index in [9.17, 15) is 5.26 Å². The van der Waals surface area contributed by atoms with Gasteiger partial charge >= 0.3 is 0 Å². The Hall–Kier alpha value is -2.28. The molecule has 2 heterocycles. The van der Waals surface area contributed by atoms with Crippen LogP contribution in [0.1, 0.15) is 17.0 Å². The van der Waals surface area contributed by atoms with E-state index in [0.29, 0.717) is 0 Å². The van der Waals surface area contributed by atoms with Gasteiger partial charge in [0.15, 0.2) is 0 Å². The van der Waals surface area contributed by atoms with Crippen LogP contribution in [0.3, 0.4) is 0 Å². The van der Waals surface area contributed by atoms with Crippen LogP contribution in [0.4, 0.5) is 5.69 Å². The van der Waals surface area contributed by atoms with Crippen molar-refractivity contribution in [3.05, 3.63) is 47.5 Å². The number of aryl methyl sites for hydroxylation is 1. The Labute approximate surface area is 106 Å². The van der Waals surface area contributed by atoms with Crippen LogP contribution in [-0.4, -0.2) is 16.1 Å². The van der Waals surface area contributed by atoms with Crippen LogP contribution in [0.2, 0.25) is 0 Å². The van der Waals surface area contributed by atoms with E-state index < -0.39 is 0 Å². The van der Waals surface area contributed by atoms with E-state index in [1.807, 2.05) is 24.5 Å². The second kappa shape index (κ2) is 4.19. The summed E-state index contributed by atoms with van der Waals surface area (Å²) in [6.45, 7) is 4.66. The summed E-state index contributed by atoms with van der Waals surface area (Å²) in [6, 6.07) is 8.22. The van der Waals surface area contributed by atoms with E-state index in [4.69, 9.17) is 0 Å². The van der Waals surface area contributed by atoms with E-state index in [1.54, 1.807) is 0 Å². The first-order valence-electron chi connectivity index (χ1n) is 6.03. The molecule has 4 nitrogen and oxygen atoms in total. The molecular formula is C14H14N4. The normalized spacial score (nSPS) is 14.1. The molecule has 0 radical (unpaired) electrons. The zero-order valence-electron chi connectivity index (χ0n) is 10.3. The molecule has 0 saturated carbocycles. The lowest BCUT2D eigenvalue weighted by Gasteiger charge is -2.30. The molecule has 0 N–H and O–H groups in total. The van der Waals surface area contributed by atoms with Crippen LogP contribution in [0.5, 0.6) is 0 Å². The lowest BCUT2D eigenvalue weighted by atomic mass is 10.1. The molecule has 2 aromatic rings. The van der Waals surface area contributed by atoms with E-state index in [1.165, 1.54) is 5.56 Å². The number of nitrogens with zero attached hydrogens (tertiary/aromatic N) is 4. The number of rotatable bonds is 1. The Balaban J connectivity index is 1.98. The minimum Gasteiger partial charge on any atom is -0.361 e. The topological polar surface area (TPSA) is 44.9 Å². The fourth-order valence-electron chi connectivity index (χ4n) is 2.38. The average molecular weight is 238 g/mol. The summed E-state index contributed by atoms with van der Waals surface area (Å²) in [4.78, 5) is 6.58. The Morgan fingerprint density at radius 3 is 3.06 bits per heavy atom. The van der Waals surface area contributed by atoms with Gasteiger partial charge < -0.3 is 9.47 Å². The Morgan fingerprint density at radius 2 is 2.22 bits per heavy atom. The quantitative estimate of drug-likeness (QED) is 0.764. The van der Waals surface area contributed by atoms with Gasteiger partial charge in [0.2, 0.25) is 0 Å². The largest absolute Gasteiger partial charge is 0.361 e. The molecule has 0 unspecified atom stereocenters. The average Bonchev–Trinajstić information content (AvgIpc) is 2.85. The van der Waals surface area contributed by atoms with E-state index in [0.717, 1.165) is 36.7 Å². The molecule has 0 fully saturated rings. The molecule has 4 heteroatoms. The minimum atomic E-state index is 0.737. The van der Waals surface area contributed by atoms with Gasteiger partial charge in [0, 0.05) is 25.5 Å². The van der Waals surface area contributed by atoms with E-state index in [-0.39, 0.29) is 0 Å². The van der Waals surface area contributed by atoms with E-state index in [2.05, 4.69) is 33.5 Å². The summed E-state index contributed by atoms with van der Waals surface area (Å²) in [5.41, 5.74) is 2.94. The zero-order chi connectivity index (χ0) is 12.5. The Morgan fingerprint density at radius 1 is 1.33 bits per heavy atom. The molecule has 0 aliphatic carbocycles. The van der Waals surface area contributed by atoms with Gasteiger partial charge in [-0.15, -0.1) is 0 Å². The van der Waals surface area contributed by atoms with Gasteiger partial charge in [-0.25, -0.2) is 4.98 Å². The van der Waals surface area contributed by atoms with Crippen LogP contribution in [0.15, 0.2) is 30.6 Å². The maximum Gasteiger partial charge on any atom is 0.128 e. The van der Waals surface area contributed by atoms with Gasteiger partial charge in [-0.05, 0) is 24.6 Å². The number of anilines is 1. The van der Waals surface area contributed by atoms with Gasteiger partial charge in [0.1, 0.15) is 11.9 Å². The van der Waals surface area contributed by atoms with Crippen molar-refractivity contribution in [2.45, 2.75) is 20.0 Å². The third-order valence-corrected chi connectivity index (χ3v) is 3.36. The summed E-state index contributed by atoms with van der Waals surface area (Å²) >= 11 is 0. The SMILES string of the molecule is Cc1ccc(C#N)c(N2CCn3ccnc3C2)c1. The van der Waals surface area contributed by atoms with Gasteiger partial charge in [0.25, 0.3) is 0 Å². The first-order valence-corrected chi connectivity index (χ1v) is 6.03. The molecule has 18 heavy (non-hydrogen) atoms. The molecular weight excluding hydrogens is 224 g/mol. The molecule has 0 spiro atoms. The second-order valence-electron chi connectivity index (χ2n) is 4.59. The smallest absolute Gasteiger partial charge is 0.128 e.